The third kappa shape index (κ3) is 5.23. The van der Waals surface area contributed by atoms with Crippen LogP contribution in [0.15, 0.2) is 34.9 Å². The van der Waals surface area contributed by atoms with Crippen molar-refractivity contribution in [2.24, 2.45) is 5.92 Å². The van der Waals surface area contributed by atoms with Crippen LogP contribution in [0, 0.1) is 5.92 Å². The number of ether oxygens (including phenoxy) is 1. The predicted molar refractivity (Wildman–Crippen MR) is 114 cm³/mol. The van der Waals surface area contributed by atoms with Crippen molar-refractivity contribution >= 4 is 40.9 Å². The Morgan fingerprint density at radius 1 is 1.25 bits per heavy atom. The molecule has 0 spiro atoms. The summed E-state index contributed by atoms with van der Waals surface area (Å²) in [7, 11) is 0. The van der Waals surface area contributed by atoms with Crippen LogP contribution < -0.4 is 10.2 Å². The first-order valence-electron chi connectivity index (χ1n) is 9.79. The van der Waals surface area contributed by atoms with Gasteiger partial charge in [0.2, 0.25) is 5.91 Å². The van der Waals surface area contributed by atoms with Crippen LogP contribution in [0.1, 0.15) is 39.5 Å². The van der Waals surface area contributed by atoms with Crippen LogP contribution in [0.25, 0.3) is 0 Å². The lowest BCUT2D eigenvalue weighted by atomic mass is 9.86. The molecule has 2 amide bonds. The van der Waals surface area contributed by atoms with E-state index in [0.717, 1.165) is 25.0 Å². The number of anilines is 1. The highest BCUT2D eigenvalue weighted by atomic mass is 35.5. The molecule has 2 aliphatic rings. The SMILES string of the molecule is CC1=C(C(=O)N(CC(=O)N[C@@H]2CCCC[C@@H]2C)c2ccc(Cl)cc2)SCCO1. The number of amides is 2. The first kappa shape index (κ1) is 21.1. The van der Waals surface area contributed by atoms with E-state index in [2.05, 4.69) is 12.2 Å². The van der Waals surface area contributed by atoms with Crippen LogP contribution in [0.2, 0.25) is 5.02 Å². The maximum absolute atomic E-state index is 13.2. The number of rotatable bonds is 5. The van der Waals surface area contributed by atoms with Gasteiger partial charge < -0.3 is 10.1 Å². The zero-order valence-corrected chi connectivity index (χ0v) is 17.9. The van der Waals surface area contributed by atoms with Gasteiger partial charge in [0.1, 0.15) is 17.2 Å². The number of hydrogen-bond donors (Lipinski definition) is 1. The van der Waals surface area contributed by atoms with Gasteiger partial charge in [-0.1, -0.05) is 31.4 Å². The van der Waals surface area contributed by atoms with E-state index >= 15 is 0 Å². The van der Waals surface area contributed by atoms with Crippen LogP contribution in [0.5, 0.6) is 0 Å². The van der Waals surface area contributed by atoms with E-state index in [1.807, 2.05) is 0 Å². The molecule has 3 rings (SSSR count). The van der Waals surface area contributed by atoms with Crippen molar-refractivity contribution in [1.29, 1.82) is 0 Å². The molecule has 1 saturated carbocycles. The second kappa shape index (κ2) is 9.70. The van der Waals surface area contributed by atoms with E-state index in [9.17, 15) is 9.59 Å². The molecule has 0 radical (unpaired) electrons. The second-order valence-corrected chi connectivity index (χ2v) is 8.93. The van der Waals surface area contributed by atoms with Crippen molar-refractivity contribution in [3.05, 3.63) is 40.0 Å². The minimum Gasteiger partial charge on any atom is -0.496 e. The van der Waals surface area contributed by atoms with Crippen LogP contribution in [0.4, 0.5) is 5.69 Å². The van der Waals surface area contributed by atoms with Crippen molar-refractivity contribution in [3.63, 3.8) is 0 Å². The maximum Gasteiger partial charge on any atom is 0.268 e. The number of carbonyl (C=O) groups excluding carboxylic acids is 2. The topological polar surface area (TPSA) is 58.6 Å². The Morgan fingerprint density at radius 3 is 2.64 bits per heavy atom. The summed E-state index contributed by atoms with van der Waals surface area (Å²) in [6, 6.07) is 7.16. The Bertz CT molecular complexity index is 751. The lowest BCUT2D eigenvalue weighted by Crippen LogP contribution is -2.47. The van der Waals surface area contributed by atoms with Gasteiger partial charge in [0, 0.05) is 22.5 Å². The highest BCUT2D eigenvalue weighted by molar-refractivity contribution is 8.04. The normalized spacial score (nSPS) is 22.4. The first-order valence-corrected chi connectivity index (χ1v) is 11.2. The summed E-state index contributed by atoms with van der Waals surface area (Å²) in [5.74, 6) is 1.45. The lowest BCUT2D eigenvalue weighted by molar-refractivity contribution is -0.123. The van der Waals surface area contributed by atoms with Crippen molar-refractivity contribution in [3.8, 4) is 0 Å². The summed E-state index contributed by atoms with van der Waals surface area (Å²) in [6.07, 6.45) is 4.48. The number of thioether (sulfide) groups is 1. The van der Waals surface area contributed by atoms with Crippen LogP contribution in [-0.2, 0) is 14.3 Å². The van der Waals surface area contributed by atoms with Gasteiger partial charge in [0.25, 0.3) is 5.91 Å². The van der Waals surface area contributed by atoms with Crippen LogP contribution in [0.3, 0.4) is 0 Å². The summed E-state index contributed by atoms with van der Waals surface area (Å²) < 4.78 is 5.55. The summed E-state index contributed by atoms with van der Waals surface area (Å²) in [5.41, 5.74) is 0.646. The highest BCUT2D eigenvalue weighted by Gasteiger charge is 2.29. The molecule has 1 fully saturated rings. The summed E-state index contributed by atoms with van der Waals surface area (Å²) >= 11 is 7.48. The van der Waals surface area contributed by atoms with Gasteiger partial charge >= 0.3 is 0 Å². The molecule has 1 aliphatic carbocycles. The average molecular weight is 423 g/mol. The van der Waals surface area contributed by atoms with Crippen molar-refractivity contribution < 1.29 is 14.3 Å². The standard InChI is InChI=1S/C21H27ClN2O3S/c1-14-5-3-4-6-18(14)23-19(25)13-24(17-9-7-16(22)8-10-17)21(26)20-15(2)27-11-12-28-20/h7-10,14,18H,3-6,11-13H2,1-2H3,(H,23,25)/t14-,18+/m0/s1. The smallest absolute Gasteiger partial charge is 0.268 e. The number of carbonyl (C=O) groups is 2. The molecule has 0 bridgehead atoms. The Hall–Kier alpha value is -1.66. The molecule has 1 aromatic carbocycles. The molecule has 0 unspecified atom stereocenters. The molecule has 1 heterocycles. The van der Waals surface area contributed by atoms with Crippen molar-refractivity contribution in [1.82, 2.24) is 5.32 Å². The monoisotopic (exact) mass is 422 g/mol. The van der Waals surface area contributed by atoms with Gasteiger partial charge in [0.15, 0.2) is 0 Å². The first-order chi connectivity index (χ1) is 13.5. The highest BCUT2D eigenvalue weighted by Crippen LogP contribution is 2.30. The van der Waals surface area contributed by atoms with Gasteiger partial charge in [-0.05, 0) is 49.9 Å². The summed E-state index contributed by atoms with van der Waals surface area (Å²) in [4.78, 5) is 28.1. The van der Waals surface area contributed by atoms with Crippen molar-refractivity contribution in [2.45, 2.75) is 45.6 Å². The van der Waals surface area contributed by atoms with E-state index in [4.69, 9.17) is 16.3 Å². The molecule has 1 N–H and O–H groups in total. The number of nitrogens with one attached hydrogen (secondary N) is 1. The van der Waals surface area contributed by atoms with E-state index < -0.39 is 0 Å². The number of hydrogen-bond acceptors (Lipinski definition) is 4. The molecule has 0 saturated heterocycles. The fourth-order valence-corrected chi connectivity index (χ4v) is 4.66. The molecular weight excluding hydrogens is 396 g/mol. The molecule has 152 valence electrons. The zero-order chi connectivity index (χ0) is 20.1. The second-order valence-electron chi connectivity index (χ2n) is 7.39. The Labute approximate surface area is 175 Å². The van der Waals surface area contributed by atoms with Gasteiger partial charge in [-0.15, -0.1) is 11.8 Å². The molecule has 0 aromatic heterocycles. The van der Waals surface area contributed by atoms with Crippen LogP contribution in [-0.4, -0.2) is 36.8 Å². The third-order valence-corrected chi connectivity index (χ3v) is 6.68. The third-order valence-electron chi connectivity index (χ3n) is 5.31. The Kier molecular flexibility index (Phi) is 7.30. The average Bonchev–Trinajstić information content (AvgIpc) is 2.69. The lowest BCUT2D eigenvalue weighted by Gasteiger charge is -2.31. The largest absolute Gasteiger partial charge is 0.496 e. The molecule has 1 aromatic rings. The van der Waals surface area contributed by atoms with E-state index in [0.29, 0.717) is 33.9 Å². The molecular formula is C21H27ClN2O3S. The fraction of sp³-hybridized carbons (Fsp3) is 0.524. The number of halogens is 1. The maximum atomic E-state index is 13.2. The molecule has 7 heteroatoms. The van der Waals surface area contributed by atoms with Gasteiger partial charge in [-0.3, -0.25) is 14.5 Å². The molecule has 5 nitrogen and oxygen atoms in total. The van der Waals surface area contributed by atoms with E-state index in [1.165, 1.54) is 23.1 Å². The number of nitrogens with zero attached hydrogens (tertiary/aromatic N) is 1. The number of allylic oxidation sites excluding steroid dienone is 1. The molecule has 1 aliphatic heterocycles. The Balaban J connectivity index is 1.79. The Morgan fingerprint density at radius 2 is 1.96 bits per heavy atom. The summed E-state index contributed by atoms with van der Waals surface area (Å²) in [6.45, 7) is 4.54. The predicted octanol–water partition coefficient (Wildman–Crippen LogP) is 4.36. The van der Waals surface area contributed by atoms with Gasteiger partial charge in [-0.25, -0.2) is 0 Å². The quantitative estimate of drug-likeness (QED) is 0.765. The fourth-order valence-electron chi connectivity index (χ4n) is 3.67. The number of benzene rings is 1. The molecule has 2 atom stereocenters. The summed E-state index contributed by atoms with van der Waals surface area (Å²) in [5, 5.41) is 3.72. The minimum absolute atomic E-state index is 0.0268. The zero-order valence-electron chi connectivity index (χ0n) is 16.4. The van der Waals surface area contributed by atoms with Gasteiger partial charge in [-0.2, -0.15) is 0 Å². The van der Waals surface area contributed by atoms with E-state index in [-0.39, 0.29) is 24.4 Å². The van der Waals surface area contributed by atoms with Gasteiger partial charge in [0.05, 0.1) is 6.61 Å². The van der Waals surface area contributed by atoms with Crippen LogP contribution >= 0.6 is 23.4 Å². The van der Waals surface area contributed by atoms with Crippen molar-refractivity contribution in [2.75, 3.05) is 23.8 Å². The van der Waals surface area contributed by atoms with E-state index in [1.54, 1.807) is 31.2 Å². The minimum atomic E-state index is -0.212. The molecule has 28 heavy (non-hydrogen) atoms.